The Hall–Kier alpha value is -1.39. The minimum absolute atomic E-state index is 0.243. The van der Waals surface area contributed by atoms with Crippen LogP contribution in [0.1, 0.15) is 5.82 Å². The minimum atomic E-state index is -3.87. The maximum Gasteiger partial charge on any atom is 0.304 e. The quantitative estimate of drug-likeness (QED) is 0.575. The summed E-state index contributed by atoms with van der Waals surface area (Å²) in [6, 6.07) is 1.57. The molecule has 0 aliphatic rings. The van der Waals surface area contributed by atoms with Gasteiger partial charge in [0.05, 0.1) is 0 Å². The highest BCUT2D eigenvalue weighted by Gasteiger charge is 2.10. The second-order valence-electron chi connectivity index (χ2n) is 1.70. The molecular weight excluding hydrogens is 168 g/mol. The zero-order chi connectivity index (χ0) is 8.48. The van der Waals surface area contributed by atoms with E-state index >= 15 is 0 Å². The van der Waals surface area contributed by atoms with Crippen molar-refractivity contribution >= 4 is 10.2 Å². The molecule has 0 fully saturated rings. The van der Waals surface area contributed by atoms with E-state index in [0.717, 1.165) is 6.20 Å². The molecule has 0 atom stereocenters. The van der Waals surface area contributed by atoms with Gasteiger partial charge in [-0.05, 0) is 0 Å². The van der Waals surface area contributed by atoms with Crippen molar-refractivity contribution in [3.8, 4) is 6.07 Å². The number of imidazole rings is 1. The van der Waals surface area contributed by atoms with Gasteiger partial charge in [0.2, 0.25) is 5.82 Å². The van der Waals surface area contributed by atoms with E-state index in [4.69, 9.17) is 10.4 Å². The van der Waals surface area contributed by atoms with E-state index in [1.165, 1.54) is 6.20 Å². The monoisotopic (exact) mass is 172 g/mol. The van der Waals surface area contributed by atoms with E-state index < -0.39 is 10.2 Å². The van der Waals surface area contributed by atoms with E-state index in [9.17, 15) is 8.42 Å². The molecule has 0 radical (unpaired) electrons. The molecule has 0 amide bonds. The first kappa shape index (κ1) is 7.71. The van der Waals surface area contributed by atoms with Crippen LogP contribution in [0.2, 0.25) is 0 Å². The molecule has 1 aromatic rings. The van der Waals surface area contributed by atoms with E-state index in [1.807, 2.05) is 0 Å². The molecule has 0 bridgehead atoms. The summed E-state index contributed by atoms with van der Waals surface area (Å²) in [5, 5.41) is 13.0. The summed E-state index contributed by atoms with van der Waals surface area (Å²) in [5.41, 5.74) is 0. The fourth-order valence-electron chi connectivity index (χ4n) is 0.575. The topological polar surface area (TPSA) is 102 Å². The van der Waals surface area contributed by atoms with Crippen molar-refractivity contribution in [2.24, 2.45) is 5.14 Å². The lowest BCUT2D eigenvalue weighted by Gasteiger charge is -1.96. The first-order valence-electron chi connectivity index (χ1n) is 2.52. The van der Waals surface area contributed by atoms with Gasteiger partial charge in [-0.3, -0.25) is 0 Å². The Morgan fingerprint density at radius 1 is 1.73 bits per heavy atom. The van der Waals surface area contributed by atoms with Crippen molar-refractivity contribution in [3.63, 3.8) is 0 Å². The standard InChI is InChI=1S/C4H4N4O2S/c5-3-4-7-1-2-8(4)11(6,9)10/h1-2H,(H2,6,9,10). The van der Waals surface area contributed by atoms with Gasteiger partial charge >= 0.3 is 10.2 Å². The average Bonchev–Trinajstić information content (AvgIpc) is 2.31. The number of nitrogens with zero attached hydrogens (tertiary/aromatic N) is 3. The summed E-state index contributed by atoms with van der Waals surface area (Å²) in [7, 11) is -3.87. The molecule has 0 aromatic carbocycles. The number of hydrogen-bond acceptors (Lipinski definition) is 4. The molecule has 58 valence electrons. The van der Waals surface area contributed by atoms with Crippen molar-refractivity contribution in [1.82, 2.24) is 8.96 Å². The van der Waals surface area contributed by atoms with Crippen LogP contribution >= 0.6 is 0 Å². The van der Waals surface area contributed by atoms with E-state index in [2.05, 4.69) is 4.98 Å². The number of hydrogen-bond donors (Lipinski definition) is 1. The Balaban J connectivity index is 3.39. The van der Waals surface area contributed by atoms with Crippen LogP contribution in [-0.4, -0.2) is 17.4 Å². The molecule has 11 heavy (non-hydrogen) atoms. The number of aromatic nitrogens is 2. The fraction of sp³-hybridized carbons (Fsp3) is 0. The van der Waals surface area contributed by atoms with Gasteiger partial charge in [0.1, 0.15) is 6.07 Å². The third-order valence-corrected chi connectivity index (χ3v) is 1.82. The molecule has 0 aliphatic carbocycles. The van der Waals surface area contributed by atoms with Crippen LogP contribution in [-0.2, 0) is 10.2 Å². The van der Waals surface area contributed by atoms with E-state index in [-0.39, 0.29) is 5.82 Å². The highest BCUT2D eigenvalue weighted by atomic mass is 32.2. The fourth-order valence-corrected chi connectivity index (χ4v) is 1.13. The molecule has 0 unspecified atom stereocenters. The Labute approximate surface area is 63.1 Å². The van der Waals surface area contributed by atoms with Crippen molar-refractivity contribution in [2.75, 3.05) is 0 Å². The van der Waals surface area contributed by atoms with Crippen LogP contribution in [0.5, 0.6) is 0 Å². The molecule has 2 N–H and O–H groups in total. The molecule has 6 nitrogen and oxygen atoms in total. The molecule has 1 heterocycles. The van der Waals surface area contributed by atoms with Crippen LogP contribution < -0.4 is 5.14 Å². The van der Waals surface area contributed by atoms with Crippen LogP contribution in [0, 0.1) is 11.3 Å². The van der Waals surface area contributed by atoms with Crippen molar-refractivity contribution in [2.45, 2.75) is 0 Å². The van der Waals surface area contributed by atoms with Crippen molar-refractivity contribution in [3.05, 3.63) is 18.2 Å². The lowest BCUT2D eigenvalue weighted by atomic mass is 10.7. The van der Waals surface area contributed by atoms with Crippen LogP contribution in [0.25, 0.3) is 0 Å². The smallest absolute Gasteiger partial charge is 0.227 e. The summed E-state index contributed by atoms with van der Waals surface area (Å²) in [5.74, 6) is -0.243. The molecule has 0 spiro atoms. The maximum atomic E-state index is 10.6. The van der Waals surface area contributed by atoms with Gasteiger partial charge in [-0.25, -0.2) is 14.1 Å². The van der Waals surface area contributed by atoms with Gasteiger partial charge in [-0.2, -0.15) is 13.7 Å². The second kappa shape index (κ2) is 2.34. The molecule has 0 saturated carbocycles. The van der Waals surface area contributed by atoms with Gasteiger partial charge in [0.25, 0.3) is 0 Å². The van der Waals surface area contributed by atoms with E-state index in [1.54, 1.807) is 6.07 Å². The predicted octanol–water partition coefficient (Wildman–Crippen LogP) is -1.19. The summed E-state index contributed by atoms with van der Waals surface area (Å²) >= 11 is 0. The molecule has 7 heteroatoms. The molecular formula is C4H4N4O2S. The average molecular weight is 172 g/mol. The van der Waals surface area contributed by atoms with Gasteiger partial charge < -0.3 is 0 Å². The minimum Gasteiger partial charge on any atom is -0.227 e. The van der Waals surface area contributed by atoms with E-state index in [0.29, 0.717) is 3.97 Å². The van der Waals surface area contributed by atoms with Gasteiger partial charge in [0.15, 0.2) is 0 Å². The zero-order valence-electron chi connectivity index (χ0n) is 5.30. The first-order valence-corrected chi connectivity index (χ1v) is 4.03. The Kier molecular flexibility index (Phi) is 1.64. The van der Waals surface area contributed by atoms with Crippen LogP contribution in [0.3, 0.4) is 0 Å². The number of nitrogens with two attached hydrogens (primary N) is 1. The second-order valence-corrected chi connectivity index (χ2v) is 3.13. The third-order valence-electron chi connectivity index (χ3n) is 0.982. The third kappa shape index (κ3) is 1.36. The van der Waals surface area contributed by atoms with Crippen molar-refractivity contribution in [1.29, 1.82) is 5.26 Å². The van der Waals surface area contributed by atoms with Crippen molar-refractivity contribution < 1.29 is 8.42 Å². The SMILES string of the molecule is N#Cc1nccn1S(N)(=O)=O. The molecule has 1 rings (SSSR count). The highest BCUT2D eigenvalue weighted by Crippen LogP contribution is 1.96. The maximum absolute atomic E-state index is 10.6. The van der Waals surface area contributed by atoms with Gasteiger partial charge in [-0.1, -0.05) is 0 Å². The number of rotatable bonds is 1. The highest BCUT2D eigenvalue weighted by molar-refractivity contribution is 7.87. The van der Waals surface area contributed by atoms with Crippen LogP contribution in [0.15, 0.2) is 12.4 Å². The largest absolute Gasteiger partial charge is 0.304 e. The lowest BCUT2D eigenvalue weighted by molar-refractivity contribution is 0.588. The lowest BCUT2D eigenvalue weighted by Crippen LogP contribution is -2.22. The van der Waals surface area contributed by atoms with Gasteiger partial charge in [0, 0.05) is 12.4 Å². The number of nitriles is 1. The Bertz CT molecular complexity index is 398. The van der Waals surface area contributed by atoms with Gasteiger partial charge in [-0.15, -0.1) is 0 Å². The zero-order valence-corrected chi connectivity index (χ0v) is 6.11. The Morgan fingerprint density at radius 3 is 2.73 bits per heavy atom. The summed E-state index contributed by atoms with van der Waals surface area (Å²) in [6.45, 7) is 0. The Morgan fingerprint density at radius 2 is 2.36 bits per heavy atom. The first-order chi connectivity index (χ1) is 5.05. The summed E-state index contributed by atoms with van der Waals surface area (Å²) in [4.78, 5) is 3.44. The van der Waals surface area contributed by atoms with Crippen LogP contribution in [0.4, 0.5) is 0 Å². The molecule has 0 aliphatic heterocycles. The molecule has 1 aromatic heterocycles. The molecule has 0 saturated heterocycles. The normalized spacial score (nSPS) is 10.9. The summed E-state index contributed by atoms with van der Waals surface area (Å²) < 4.78 is 21.9. The summed E-state index contributed by atoms with van der Waals surface area (Å²) in [6.07, 6.45) is 2.29. The predicted molar refractivity (Wildman–Crippen MR) is 35.4 cm³/mol.